The summed E-state index contributed by atoms with van der Waals surface area (Å²) in [4.78, 5) is 0. The molecule has 2 heteroatoms. The van der Waals surface area contributed by atoms with Crippen molar-refractivity contribution in [2.75, 3.05) is 13.2 Å². The fourth-order valence-corrected chi connectivity index (χ4v) is 1.95. The summed E-state index contributed by atoms with van der Waals surface area (Å²) in [5.41, 5.74) is 3.74. The van der Waals surface area contributed by atoms with E-state index in [2.05, 4.69) is 44.3 Å². The number of hydrogen-bond acceptors (Lipinski definition) is 2. The first-order valence-electron chi connectivity index (χ1n) is 5.61. The summed E-state index contributed by atoms with van der Waals surface area (Å²) in [7, 11) is 0. The topological polar surface area (TPSA) is 32.3 Å². The Morgan fingerprint density at radius 1 is 1.27 bits per heavy atom. The second-order valence-electron chi connectivity index (χ2n) is 3.99. The van der Waals surface area contributed by atoms with Gasteiger partial charge in [0.05, 0.1) is 12.6 Å². The second-order valence-corrected chi connectivity index (χ2v) is 3.99. The lowest BCUT2D eigenvalue weighted by Gasteiger charge is -2.20. The molecule has 1 aromatic rings. The van der Waals surface area contributed by atoms with Crippen molar-refractivity contribution in [3.8, 4) is 0 Å². The van der Waals surface area contributed by atoms with Crippen LogP contribution in [0.25, 0.3) is 0 Å². The standard InChI is InChI=1S/C13H21NO/c1-4-8-14-12(9-15)13-10(2)6-5-7-11(13)3/h5-7,12,14-15H,4,8-9H2,1-3H3. The van der Waals surface area contributed by atoms with E-state index >= 15 is 0 Å². The van der Waals surface area contributed by atoms with E-state index in [1.807, 2.05) is 0 Å². The third kappa shape index (κ3) is 3.05. The van der Waals surface area contributed by atoms with E-state index in [-0.39, 0.29) is 12.6 Å². The zero-order valence-electron chi connectivity index (χ0n) is 9.88. The smallest absolute Gasteiger partial charge is 0.0626 e. The van der Waals surface area contributed by atoms with Crippen molar-refractivity contribution in [3.63, 3.8) is 0 Å². The molecule has 0 saturated carbocycles. The van der Waals surface area contributed by atoms with Gasteiger partial charge in [-0.25, -0.2) is 0 Å². The van der Waals surface area contributed by atoms with Crippen LogP contribution in [0.1, 0.15) is 36.1 Å². The van der Waals surface area contributed by atoms with Crippen molar-refractivity contribution in [1.82, 2.24) is 5.32 Å². The third-order valence-electron chi connectivity index (χ3n) is 2.71. The number of aliphatic hydroxyl groups is 1. The Kier molecular flexibility index (Phi) is 4.79. The summed E-state index contributed by atoms with van der Waals surface area (Å²) in [5, 5.41) is 12.8. The fourth-order valence-electron chi connectivity index (χ4n) is 1.95. The summed E-state index contributed by atoms with van der Waals surface area (Å²) in [5.74, 6) is 0. The lowest BCUT2D eigenvalue weighted by Crippen LogP contribution is -2.26. The fraction of sp³-hybridized carbons (Fsp3) is 0.538. The first-order chi connectivity index (χ1) is 7.20. The van der Waals surface area contributed by atoms with Crippen LogP contribution in [0.15, 0.2) is 18.2 Å². The minimum atomic E-state index is 0.0751. The minimum absolute atomic E-state index is 0.0751. The maximum atomic E-state index is 9.39. The van der Waals surface area contributed by atoms with Gasteiger partial charge in [0.1, 0.15) is 0 Å². The molecule has 0 radical (unpaired) electrons. The highest BCUT2D eigenvalue weighted by Crippen LogP contribution is 2.21. The minimum Gasteiger partial charge on any atom is -0.394 e. The van der Waals surface area contributed by atoms with E-state index in [4.69, 9.17) is 0 Å². The van der Waals surface area contributed by atoms with Gasteiger partial charge in [0, 0.05) is 0 Å². The molecule has 0 amide bonds. The lowest BCUT2D eigenvalue weighted by molar-refractivity contribution is 0.244. The van der Waals surface area contributed by atoms with Crippen LogP contribution < -0.4 is 5.32 Å². The predicted molar refractivity (Wildman–Crippen MR) is 64.0 cm³/mol. The van der Waals surface area contributed by atoms with Crippen LogP contribution in [-0.4, -0.2) is 18.3 Å². The molecular weight excluding hydrogens is 186 g/mol. The van der Waals surface area contributed by atoms with Crippen LogP contribution >= 0.6 is 0 Å². The molecule has 2 nitrogen and oxygen atoms in total. The zero-order chi connectivity index (χ0) is 11.3. The lowest BCUT2D eigenvalue weighted by atomic mass is 9.96. The molecule has 0 aliphatic heterocycles. The number of benzene rings is 1. The normalized spacial score (nSPS) is 12.8. The maximum absolute atomic E-state index is 9.39. The highest BCUT2D eigenvalue weighted by molar-refractivity contribution is 5.36. The Morgan fingerprint density at radius 3 is 2.33 bits per heavy atom. The van der Waals surface area contributed by atoms with Crippen LogP contribution in [-0.2, 0) is 0 Å². The maximum Gasteiger partial charge on any atom is 0.0626 e. The summed E-state index contributed by atoms with van der Waals surface area (Å²) in [6.07, 6.45) is 1.08. The average molecular weight is 207 g/mol. The quantitative estimate of drug-likeness (QED) is 0.776. The van der Waals surface area contributed by atoms with Gasteiger partial charge in [-0.15, -0.1) is 0 Å². The average Bonchev–Trinajstić information content (AvgIpc) is 2.22. The van der Waals surface area contributed by atoms with Crippen LogP contribution in [0.5, 0.6) is 0 Å². The summed E-state index contributed by atoms with van der Waals surface area (Å²) >= 11 is 0. The summed E-state index contributed by atoms with van der Waals surface area (Å²) in [6.45, 7) is 7.42. The van der Waals surface area contributed by atoms with E-state index in [1.54, 1.807) is 0 Å². The van der Waals surface area contributed by atoms with Crippen LogP contribution in [0.2, 0.25) is 0 Å². The van der Waals surface area contributed by atoms with Gasteiger partial charge in [0.2, 0.25) is 0 Å². The molecule has 0 aliphatic carbocycles. The van der Waals surface area contributed by atoms with Crippen LogP contribution in [0, 0.1) is 13.8 Å². The first kappa shape index (κ1) is 12.2. The van der Waals surface area contributed by atoms with Crippen molar-refractivity contribution in [3.05, 3.63) is 34.9 Å². The molecule has 15 heavy (non-hydrogen) atoms. The SMILES string of the molecule is CCCNC(CO)c1c(C)cccc1C. The van der Waals surface area contributed by atoms with E-state index in [1.165, 1.54) is 16.7 Å². The number of aryl methyl sites for hydroxylation is 2. The van der Waals surface area contributed by atoms with Crippen molar-refractivity contribution < 1.29 is 5.11 Å². The number of aliphatic hydroxyl groups excluding tert-OH is 1. The highest BCUT2D eigenvalue weighted by atomic mass is 16.3. The molecule has 0 heterocycles. The van der Waals surface area contributed by atoms with Gasteiger partial charge < -0.3 is 10.4 Å². The third-order valence-corrected chi connectivity index (χ3v) is 2.71. The first-order valence-corrected chi connectivity index (χ1v) is 5.61. The molecule has 1 atom stereocenters. The molecule has 0 bridgehead atoms. The van der Waals surface area contributed by atoms with Crippen molar-refractivity contribution in [1.29, 1.82) is 0 Å². The molecule has 1 unspecified atom stereocenters. The molecule has 84 valence electrons. The van der Waals surface area contributed by atoms with E-state index in [0.717, 1.165) is 13.0 Å². The van der Waals surface area contributed by atoms with Gasteiger partial charge >= 0.3 is 0 Å². The van der Waals surface area contributed by atoms with Crippen LogP contribution in [0.4, 0.5) is 0 Å². The van der Waals surface area contributed by atoms with E-state index in [0.29, 0.717) is 0 Å². The highest BCUT2D eigenvalue weighted by Gasteiger charge is 2.13. The Bertz CT molecular complexity index is 289. The number of nitrogens with one attached hydrogen (secondary N) is 1. The van der Waals surface area contributed by atoms with Crippen molar-refractivity contribution in [2.45, 2.75) is 33.2 Å². The molecule has 0 saturated heterocycles. The second kappa shape index (κ2) is 5.89. The van der Waals surface area contributed by atoms with Crippen molar-refractivity contribution >= 4 is 0 Å². The van der Waals surface area contributed by atoms with Gasteiger partial charge in [-0.3, -0.25) is 0 Å². The molecule has 2 N–H and O–H groups in total. The zero-order valence-corrected chi connectivity index (χ0v) is 9.88. The monoisotopic (exact) mass is 207 g/mol. The Balaban J connectivity index is 2.90. The molecule has 0 aliphatic rings. The van der Waals surface area contributed by atoms with Crippen LogP contribution in [0.3, 0.4) is 0 Å². The van der Waals surface area contributed by atoms with Crippen molar-refractivity contribution in [2.24, 2.45) is 0 Å². The molecular formula is C13H21NO. The summed E-state index contributed by atoms with van der Waals surface area (Å²) < 4.78 is 0. The van der Waals surface area contributed by atoms with E-state index in [9.17, 15) is 5.11 Å². The number of rotatable bonds is 5. The largest absolute Gasteiger partial charge is 0.394 e. The molecule has 1 aromatic carbocycles. The van der Waals surface area contributed by atoms with Gasteiger partial charge in [-0.1, -0.05) is 25.1 Å². The molecule has 1 rings (SSSR count). The Hall–Kier alpha value is -0.860. The van der Waals surface area contributed by atoms with Gasteiger partial charge in [-0.05, 0) is 43.5 Å². The Labute approximate surface area is 92.3 Å². The van der Waals surface area contributed by atoms with Gasteiger partial charge in [0.15, 0.2) is 0 Å². The molecule has 0 aromatic heterocycles. The van der Waals surface area contributed by atoms with E-state index < -0.39 is 0 Å². The number of hydrogen-bond donors (Lipinski definition) is 2. The molecule has 0 fully saturated rings. The molecule has 0 spiro atoms. The van der Waals surface area contributed by atoms with Gasteiger partial charge in [0.25, 0.3) is 0 Å². The predicted octanol–water partition coefficient (Wildman–Crippen LogP) is 2.34. The Morgan fingerprint density at radius 2 is 1.87 bits per heavy atom. The van der Waals surface area contributed by atoms with Gasteiger partial charge in [-0.2, -0.15) is 0 Å². The summed E-state index contributed by atoms with van der Waals surface area (Å²) in [6, 6.07) is 6.32.